The van der Waals surface area contributed by atoms with Crippen LogP contribution in [-0.2, 0) is 4.79 Å². The van der Waals surface area contributed by atoms with Crippen molar-refractivity contribution in [2.24, 2.45) is 10.9 Å². The standard InChI is InChI=1S/C24H29N3O4S/c1-16-7-8-20(30-4)19(12-16)25-23-27(24(2,3)15-32-23)22(29)17-6-5-10-26(13-17)21(28)18-9-11-31-14-18/h7-9,11-12,14,17H,5-6,10,13,15H2,1-4H3. The number of hydrogen-bond acceptors (Lipinski definition) is 6. The van der Waals surface area contributed by atoms with Gasteiger partial charge in [-0.1, -0.05) is 17.8 Å². The average molecular weight is 456 g/mol. The summed E-state index contributed by atoms with van der Waals surface area (Å²) in [6.07, 6.45) is 4.49. The zero-order chi connectivity index (χ0) is 22.9. The van der Waals surface area contributed by atoms with Gasteiger partial charge in [-0.15, -0.1) is 0 Å². The van der Waals surface area contributed by atoms with Gasteiger partial charge in [-0.05, 0) is 57.4 Å². The molecule has 0 saturated carbocycles. The molecule has 2 amide bonds. The van der Waals surface area contributed by atoms with Crippen molar-refractivity contribution in [1.82, 2.24) is 9.80 Å². The first-order chi connectivity index (χ1) is 15.3. The molecule has 4 rings (SSSR count). The number of thioether (sulfide) groups is 1. The highest BCUT2D eigenvalue weighted by Gasteiger charge is 2.44. The van der Waals surface area contributed by atoms with E-state index in [2.05, 4.69) is 13.8 Å². The Kier molecular flexibility index (Phi) is 6.33. The second-order valence-electron chi connectivity index (χ2n) is 8.95. The van der Waals surface area contributed by atoms with E-state index in [0.29, 0.717) is 35.3 Å². The molecule has 3 heterocycles. The van der Waals surface area contributed by atoms with Crippen molar-refractivity contribution in [3.63, 3.8) is 0 Å². The van der Waals surface area contributed by atoms with Crippen LogP contribution in [0.4, 0.5) is 5.69 Å². The molecule has 1 aromatic heterocycles. The maximum Gasteiger partial charge on any atom is 0.257 e. The summed E-state index contributed by atoms with van der Waals surface area (Å²) in [6.45, 7) is 7.18. The molecule has 0 radical (unpaired) electrons. The smallest absolute Gasteiger partial charge is 0.257 e. The Morgan fingerprint density at radius 2 is 2.09 bits per heavy atom. The van der Waals surface area contributed by atoms with Gasteiger partial charge in [0.05, 0.1) is 30.4 Å². The lowest BCUT2D eigenvalue weighted by molar-refractivity contribution is -0.135. The number of nitrogens with zero attached hydrogens (tertiary/aromatic N) is 3. The first-order valence-corrected chi connectivity index (χ1v) is 11.8. The molecule has 2 aliphatic rings. The minimum atomic E-state index is -0.367. The van der Waals surface area contributed by atoms with Crippen molar-refractivity contribution < 1.29 is 18.7 Å². The molecule has 1 atom stereocenters. The number of carbonyl (C=O) groups is 2. The van der Waals surface area contributed by atoms with Crippen LogP contribution in [0.25, 0.3) is 0 Å². The number of furan rings is 1. The van der Waals surface area contributed by atoms with E-state index in [4.69, 9.17) is 14.1 Å². The van der Waals surface area contributed by atoms with E-state index in [1.165, 1.54) is 12.5 Å². The fourth-order valence-electron chi connectivity index (χ4n) is 4.21. The number of rotatable bonds is 4. The average Bonchev–Trinajstić information content (AvgIpc) is 3.41. The van der Waals surface area contributed by atoms with Crippen LogP contribution in [0.5, 0.6) is 5.75 Å². The summed E-state index contributed by atoms with van der Waals surface area (Å²) >= 11 is 1.58. The number of carbonyl (C=O) groups excluding carboxylic acids is 2. The first kappa shape index (κ1) is 22.5. The van der Waals surface area contributed by atoms with Crippen molar-refractivity contribution in [3.05, 3.63) is 47.9 Å². The van der Waals surface area contributed by atoms with Crippen molar-refractivity contribution in [3.8, 4) is 5.75 Å². The second kappa shape index (κ2) is 9.02. The number of hydrogen-bond donors (Lipinski definition) is 0. The lowest BCUT2D eigenvalue weighted by Gasteiger charge is -2.37. The summed E-state index contributed by atoms with van der Waals surface area (Å²) in [5, 5.41) is 0.683. The van der Waals surface area contributed by atoms with Crippen LogP contribution in [0.3, 0.4) is 0 Å². The monoisotopic (exact) mass is 455 g/mol. The highest BCUT2D eigenvalue weighted by molar-refractivity contribution is 8.14. The summed E-state index contributed by atoms with van der Waals surface area (Å²) in [4.78, 5) is 35.0. The van der Waals surface area contributed by atoms with Gasteiger partial charge in [-0.3, -0.25) is 14.5 Å². The van der Waals surface area contributed by atoms with Gasteiger partial charge < -0.3 is 14.1 Å². The SMILES string of the molecule is COc1ccc(C)cc1N=C1SCC(C)(C)N1C(=O)C1CCCN(C(=O)c2ccoc2)C1. The lowest BCUT2D eigenvalue weighted by atomic mass is 9.94. The summed E-state index contributed by atoms with van der Waals surface area (Å²) in [6, 6.07) is 7.50. The number of aliphatic imine (C=N–C) groups is 1. The largest absolute Gasteiger partial charge is 0.494 e. The third-order valence-corrected chi connectivity index (χ3v) is 7.33. The number of aryl methyl sites for hydroxylation is 1. The van der Waals surface area contributed by atoms with Crippen LogP contribution in [0.2, 0.25) is 0 Å². The van der Waals surface area contributed by atoms with Gasteiger partial charge in [0.2, 0.25) is 5.91 Å². The summed E-state index contributed by atoms with van der Waals surface area (Å²) in [5.41, 5.74) is 1.94. The quantitative estimate of drug-likeness (QED) is 0.679. The fourth-order valence-corrected chi connectivity index (χ4v) is 5.45. The molecule has 1 unspecified atom stereocenters. The van der Waals surface area contributed by atoms with Crippen LogP contribution < -0.4 is 4.74 Å². The number of amidine groups is 1. The number of ether oxygens (including phenoxy) is 1. The zero-order valence-corrected chi connectivity index (χ0v) is 19.8. The summed E-state index contributed by atoms with van der Waals surface area (Å²) < 4.78 is 10.5. The van der Waals surface area contributed by atoms with Gasteiger partial charge in [-0.2, -0.15) is 0 Å². The molecule has 0 N–H and O–H groups in total. The van der Waals surface area contributed by atoms with E-state index in [1.807, 2.05) is 30.0 Å². The van der Waals surface area contributed by atoms with Gasteiger partial charge in [0, 0.05) is 18.8 Å². The van der Waals surface area contributed by atoms with Gasteiger partial charge in [0.15, 0.2) is 5.17 Å². The molecule has 7 nitrogen and oxygen atoms in total. The zero-order valence-electron chi connectivity index (χ0n) is 19.0. The maximum absolute atomic E-state index is 13.7. The van der Waals surface area contributed by atoms with E-state index in [9.17, 15) is 9.59 Å². The first-order valence-electron chi connectivity index (χ1n) is 10.8. The predicted molar refractivity (Wildman–Crippen MR) is 126 cm³/mol. The Morgan fingerprint density at radius 1 is 1.28 bits per heavy atom. The van der Waals surface area contributed by atoms with Crippen molar-refractivity contribution in [2.45, 2.75) is 39.2 Å². The normalized spacial score (nSPS) is 21.8. The Labute approximate surface area is 192 Å². The van der Waals surface area contributed by atoms with Crippen molar-refractivity contribution in [1.29, 1.82) is 0 Å². The molecular weight excluding hydrogens is 426 g/mol. The molecule has 0 bridgehead atoms. The molecule has 32 heavy (non-hydrogen) atoms. The summed E-state index contributed by atoms with van der Waals surface area (Å²) in [5.74, 6) is 1.10. The van der Waals surface area contributed by atoms with Crippen LogP contribution in [0.15, 0.2) is 46.2 Å². The topological polar surface area (TPSA) is 75.3 Å². The van der Waals surface area contributed by atoms with Gasteiger partial charge >= 0.3 is 0 Å². The number of likely N-dealkylation sites (tertiary alicyclic amines) is 1. The number of methoxy groups -OCH3 is 1. The highest BCUT2D eigenvalue weighted by Crippen LogP contribution is 2.38. The third-order valence-electron chi connectivity index (χ3n) is 5.95. The minimum absolute atomic E-state index is 0.0232. The molecule has 2 aliphatic heterocycles. The highest BCUT2D eigenvalue weighted by atomic mass is 32.2. The molecule has 0 spiro atoms. The van der Waals surface area contributed by atoms with Crippen molar-refractivity contribution >= 4 is 34.4 Å². The van der Waals surface area contributed by atoms with Crippen LogP contribution >= 0.6 is 11.8 Å². The number of piperidine rings is 1. The molecule has 2 saturated heterocycles. The Morgan fingerprint density at radius 3 is 2.81 bits per heavy atom. The number of benzene rings is 1. The third kappa shape index (κ3) is 4.41. The molecule has 0 aliphatic carbocycles. The van der Waals surface area contributed by atoms with Gasteiger partial charge in [0.25, 0.3) is 5.91 Å². The van der Waals surface area contributed by atoms with E-state index >= 15 is 0 Å². The van der Waals surface area contributed by atoms with Crippen LogP contribution in [0, 0.1) is 12.8 Å². The molecule has 170 valence electrons. The number of amides is 2. The molecule has 1 aromatic carbocycles. The fraction of sp³-hybridized carbons (Fsp3) is 0.458. The molecule has 8 heteroatoms. The van der Waals surface area contributed by atoms with E-state index in [0.717, 1.165) is 24.2 Å². The molecule has 2 fully saturated rings. The van der Waals surface area contributed by atoms with Gasteiger partial charge in [0.1, 0.15) is 17.7 Å². The molecule has 2 aromatic rings. The minimum Gasteiger partial charge on any atom is -0.494 e. The Balaban J connectivity index is 1.59. The van der Waals surface area contributed by atoms with E-state index in [-0.39, 0.29) is 23.3 Å². The maximum atomic E-state index is 13.7. The van der Waals surface area contributed by atoms with Crippen LogP contribution in [0.1, 0.15) is 42.6 Å². The Hall–Kier alpha value is -2.74. The van der Waals surface area contributed by atoms with Crippen molar-refractivity contribution in [2.75, 3.05) is 26.0 Å². The Bertz CT molecular complexity index is 1030. The van der Waals surface area contributed by atoms with Crippen LogP contribution in [-0.4, -0.2) is 58.3 Å². The van der Waals surface area contributed by atoms with Gasteiger partial charge in [-0.25, -0.2) is 4.99 Å². The van der Waals surface area contributed by atoms with E-state index < -0.39 is 0 Å². The second-order valence-corrected chi connectivity index (χ2v) is 9.89. The molecular formula is C24H29N3O4S. The summed E-state index contributed by atoms with van der Waals surface area (Å²) in [7, 11) is 1.62. The predicted octanol–water partition coefficient (Wildman–Crippen LogP) is 4.49. The lowest BCUT2D eigenvalue weighted by Crippen LogP contribution is -2.52. The van der Waals surface area contributed by atoms with E-state index in [1.54, 1.807) is 29.8 Å².